The molecule has 0 aromatic heterocycles. The largest absolute Gasteiger partial charge is 0.273 e. The molecule has 0 radical (unpaired) electrons. The lowest BCUT2D eigenvalue weighted by Crippen LogP contribution is -1.99. The molecule has 0 aliphatic heterocycles. The number of aryl methyl sites for hydroxylation is 1. The minimum absolute atomic E-state index is 0.145. The fourth-order valence-electron chi connectivity index (χ4n) is 1.23. The van der Waals surface area contributed by atoms with E-state index in [1.165, 1.54) is 0 Å². The van der Waals surface area contributed by atoms with Gasteiger partial charge < -0.3 is 0 Å². The van der Waals surface area contributed by atoms with Crippen molar-refractivity contribution in [3.05, 3.63) is 32.3 Å². The maximum absolute atomic E-state index is 10.8. The predicted octanol–water partition coefficient (Wildman–Crippen LogP) is 4.63. The minimum Gasteiger partial charge on any atom is -0.258 e. The molecule has 1 rings (SSSR count). The molecule has 0 spiro atoms. The number of hydrogen-bond donors (Lipinski definition) is 0. The Morgan fingerprint density at radius 1 is 1.59 bits per heavy atom. The molecule has 0 saturated carbocycles. The van der Waals surface area contributed by atoms with Crippen molar-refractivity contribution < 1.29 is 4.92 Å². The van der Waals surface area contributed by atoms with E-state index >= 15 is 0 Å². The van der Waals surface area contributed by atoms with E-state index in [1.54, 1.807) is 24.8 Å². The number of thioether (sulfide) groups is 1. The van der Waals surface area contributed by atoms with Crippen molar-refractivity contribution >= 4 is 45.0 Å². The summed E-state index contributed by atoms with van der Waals surface area (Å²) in [5.41, 5.74) is 0.825. The van der Waals surface area contributed by atoms with Crippen molar-refractivity contribution in [1.29, 1.82) is 0 Å². The summed E-state index contributed by atoms with van der Waals surface area (Å²) in [4.78, 5) is 11.4. The van der Waals surface area contributed by atoms with E-state index in [0.717, 1.165) is 15.1 Å². The average molecular weight is 339 g/mol. The van der Waals surface area contributed by atoms with Crippen molar-refractivity contribution in [2.24, 2.45) is 5.92 Å². The second-order valence-corrected chi connectivity index (χ2v) is 6.12. The van der Waals surface area contributed by atoms with E-state index in [4.69, 9.17) is 11.6 Å². The Morgan fingerprint density at radius 2 is 2.24 bits per heavy atom. The molecule has 0 fully saturated rings. The van der Waals surface area contributed by atoms with Crippen molar-refractivity contribution in [2.75, 3.05) is 11.6 Å². The van der Waals surface area contributed by atoms with Gasteiger partial charge in [-0.3, -0.25) is 10.1 Å². The number of benzene rings is 1. The molecular weight excluding hydrogens is 326 g/mol. The van der Waals surface area contributed by atoms with Crippen LogP contribution in [0.4, 0.5) is 5.69 Å². The van der Waals surface area contributed by atoms with Gasteiger partial charge in [0.2, 0.25) is 0 Å². The molecule has 0 aliphatic carbocycles. The number of nitro groups is 1. The molecule has 94 valence electrons. The van der Waals surface area contributed by atoms with Gasteiger partial charge in [0.25, 0.3) is 5.69 Å². The Balaban J connectivity index is 2.88. The number of nitro benzene ring substituents is 1. The van der Waals surface area contributed by atoms with Crippen LogP contribution in [0, 0.1) is 23.0 Å². The van der Waals surface area contributed by atoms with Crippen LogP contribution in [0.1, 0.15) is 12.5 Å². The molecule has 17 heavy (non-hydrogen) atoms. The first kappa shape index (κ1) is 14.8. The topological polar surface area (TPSA) is 43.1 Å². The summed E-state index contributed by atoms with van der Waals surface area (Å²) in [5, 5.41) is 10.8. The van der Waals surface area contributed by atoms with Gasteiger partial charge >= 0.3 is 0 Å². The van der Waals surface area contributed by atoms with Crippen LogP contribution in [0.5, 0.6) is 0 Å². The molecular formula is C11H13BrClNO2S. The second-order valence-electron chi connectivity index (χ2n) is 3.90. The normalized spacial score (nSPS) is 12.5. The third kappa shape index (κ3) is 4.16. The molecule has 0 heterocycles. The lowest BCUT2D eigenvalue weighted by molar-refractivity contribution is -0.385. The number of rotatable bonds is 5. The smallest absolute Gasteiger partial charge is 0.258 e. The second kappa shape index (κ2) is 6.61. The molecule has 0 amide bonds. The molecule has 0 aliphatic rings. The zero-order chi connectivity index (χ0) is 13.0. The third-order valence-corrected chi connectivity index (χ3v) is 5.06. The highest BCUT2D eigenvalue weighted by molar-refractivity contribution is 9.10. The molecule has 0 N–H and O–H groups in total. The maximum Gasteiger partial charge on any atom is 0.273 e. The van der Waals surface area contributed by atoms with Gasteiger partial charge in [0.15, 0.2) is 0 Å². The van der Waals surface area contributed by atoms with Gasteiger partial charge in [-0.05, 0) is 34.8 Å². The lowest BCUT2D eigenvalue weighted by Gasteiger charge is -2.09. The molecule has 1 unspecified atom stereocenters. The molecule has 0 saturated heterocycles. The molecule has 1 atom stereocenters. The van der Waals surface area contributed by atoms with Crippen LogP contribution in [0.2, 0.25) is 0 Å². The summed E-state index contributed by atoms with van der Waals surface area (Å²) in [5.74, 6) is 1.94. The Hall–Kier alpha value is -0.260. The SMILES string of the molecule is Cc1cc(SCC(C)CCl)c(Br)cc1[N+](=O)[O-]. The van der Waals surface area contributed by atoms with Gasteiger partial charge in [0, 0.05) is 32.6 Å². The quantitative estimate of drug-likeness (QED) is 0.340. The van der Waals surface area contributed by atoms with Crippen LogP contribution in [-0.2, 0) is 0 Å². The van der Waals surface area contributed by atoms with E-state index in [0.29, 0.717) is 17.4 Å². The minimum atomic E-state index is -0.365. The zero-order valence-corrected chi connectivity index (χ0v) is 12.7. The average Bonchev–Trinajstić information content (AvgIpc) is 2.28. The van der Waals surface area contributed by atoms with E-state index in [1.807, 2.05) is 6.07 Å². The standard InChI is InChI=1S/C11H13BrClNO2S/c1-7(5-13)6-17-11-3-8(2)10(14(15)16)4-9(11)12/h3-4,7H,5-6H2,1-2H3. The zero-order valence-electron chi connectivity index (χ0n) is 9.57. The fourth-order valence-corrected chi connectivity index (χ4v) is 3.18. The van der Waals surface area contributed by atoms with Gasteiger partial charge in [-0.2, -0.15) is 0 Å². The van der Waals surface area contributed by atoms with Crippen molar-refractivity contribution in [1.82, 2.24) is 0 Å². The van der Waals surface area contributed by atoms with Gasteiger partial charge in [0.05, 0.1) is 4.92 Å². The highest BCUT2D eigenvalue weighted by Crippen LogP contribution is 2.34. The van der Waals surface area contributed by atoms with Gasteiger partial charge in [0.1, 0.15) is 0 Å². The van der Waals surface area contributed by atoms with Crippen LogP contribution in [-0.4, -0.2) is 16.6 Å². The molecule has 3 nitrogen and oxygen atoms in total. The number of alkyl halides is 1. The summed E-state index contributed by atoms with van der Waals surface area (Å²) in [6, 6.07) is 3.40. The third-order valence-electron chi connectivity index (χ3n) is 2.23. The van der Waals surface area contributed by atoms with E-state index in [-0.39, 0.29) is 10.6 Å². The Labute approximate surface area is 118 Å². The maximum atomic E-state index is 10.8. The number of halogens is 2. The summed E-state index contributed by atoms with van der Waals surface area (Å²) in [7, 11) is 0. The van der Waals surface area contributed by atoms with Gasteiger partial charge in [-0.25, -0.2) is 0 Å². The van der Waals surface area contributed by atoms with Crippen molar-refractivity contribution in [3.8, 4) is 0 Å². The molecule has 1 aromatic rings. The summed E-state index contributed by atoms with van der Waals surface area (Å²) in [6.45, 7) is 3.83. The Bertz CT molecular complexity index is 428. The Morgan fingerprint density at radius 3 is 2.76 bits per heavy atom. The van der Waals surface area contributed by atoms with Crippen molar-refractivity contribution in [3.63, 3.8) is 0 Å². The van der Waals surface area contributed by atoms with E-state index in [9.17, 15) is 10.1 Å². The summed E-state index contributed by atoms with van der Waals surface area (Å²) < 4.78 is 0.765. The van der Waals surface area contributed by atoms with Crippen LogP contribution in [0.3, 0.4) is 0 Å². The highest BCUT2D eigenvalue weighted by atomic mass is 79.9. The van der Waals surface area contributed by atoms with Crippen molar-refractivity contribution in [2.45, 2.75) is 18.7 Å². The lowest BCUT2D eigenvalue weighted by atomic mass is 10.2. The fraction of sp³-hybridized carbons (Fsp3) is 0.455. The van der Waals surface area contributed by atoms with E-state index < -0.39 is 0 Å². The first-order chi connectivity index (χ1) is 7.95. The van der Waals surface area contributed by atoms with Gasteiger partial charge in [-0.1, -0.05) is 6.92 Å². The molecule has 0 bridgehead atoms. The molecule has 6 heteroatoms. The number of hydrogen-bond acceptors (Lipinski definition) is 3. The highest BCUT2D eigenvalue weighted by Gasteiger charge is 2.14. The predicted molar refractivity (Wildman–Crippen MR) is 76.1 cm³/mol. The van der Waals surface area contributed by atoms with Crippen LogP contribution in [0.25, 0.3) is 0 Å². The van der Waals surface area contributed by atoms with Gasteiger partial charge in [-0.15, -0.1) is 23.4 Å². The van der Waals surface area contributed by atoms with E-state index in [2.05, 4.69) is 22.9 Å². The molecule has 1 aromatic carbocycles. The first-order valence-electron chi connectivity index (χ1n) is 5.09. The van der Waals surface area contributed by atoms with Crippen LogP contribution < -0.4 is 0 Å². The van der Waals surface area contributed by atoms with Crippen LogP contribution in [0.15, 0.2) is 21.5 Å². The summed E-state index contributed by atoms with van der Waals surface area (Å²) >= 11 is 10.8. The Kier molecular flexibility index (Phi) is 5.76. The first-order valence-corrected chi connectivity index (χ1v) is 7.40. The summed E-state index contributed by atoms with van der Waals surface area (Å²) in [6.07, 6.45) is 0. The number of nitrogens with zero attached hydrogens (tertiary/aromatic N) is 1. The monoisotopic (exact) mass is 337 g/mol. The van der Waals surface area contributed by atoms with Crippen LogP contribution >= 0.6 is 39.3 Å².